The smallest absolute Gasteiger partial charge is 0.337 e. The molecule has 2 rings (SSSR count). The number of alkyl halides is 3. The SMILES string of the molecule is CC(c1cccc(Cl)c1)N(C)C(=O)Cn1cccc(C(F)(F)F)c1=O. The molecule has 1 aromatic carbocycles. The zero-order chi connectivity index (χ0) is 18.8. The number of hydrogen-bond acceptors (Lipinski definition) is 2. The minimum Gasteiger partial charge on any atom is -0.337 e. The standard InChI is InChI=1S/C17H16ClF3N2O2/c1-11(12-5-3-6-13(18)9-12)22(2)15(24)10-23-8-4-7-14(16(23)25)17(19,20)21/h3-9,11H,10H2,1-2H3. The lowest BCUT2D eigenvalue weighted by molar-refractivity contribution is -0.139. The molecule has 0 radical (unpaired) electrons. The summed E-state index contributed by atoms with van der Waals surface area (Å²) in [5.74, 6) is -0.492. The maximum atomic E-state index is 12.8. The number of pyridine rings is 1. The summed E-state index contributed by atoms with van der Waals surface area (Å²) in [7, 11) is 1.52. The molecule has 1 heterocycles. The van der Waals surface area contributed by atoms with E-state index in [2.05, 4.69) is 0 Å². The third-order valence-corrected chi connectivity index (χ3v) is 4.17. The molecular weight excluding hydrogens is 357 g/mol. The Bertz CT molecular complexity index is 833. The van der Waals surface area contributed by atoms with Gasteiger partial charge in [0.05, 0.1) is 6.04 Å². The van der Waals surface area contributed by atoms with Crippen molar-refractivity contribution in [2.75, 3.05) is 7.05 Å². The van der Waals surface area contributed by atoms with E-state index < -0.39 is 29.8 Å². The molecule has 1 amide bonds. The molecule has 0 N–H and O–H groups in total. The van der Waals surface area contributed by atoms with Crippen LogP contribution < -0.4 is 5.56 Å². The fraction of sp³-hybridized carbons (Fsp3) is 0.294. The van der Waals surface area contributed by atoms with Gasteiger partial charge in [0.2, 0.25) is 5.91 Å². The summed E-state index contributed by atoms with van der Waals surface area (Å²) in [6.45, 7) is 1.28. The highest BCUT2D eigenvalue weighted by Crippen LogP contribution is 2.26. The van der Waals surface area contributed by atoms with Gasteiger partial charge >= 0.3 is 6.18 Å². The highest BCUT2D eigenvalue weighted by Gasteiger charge is 2.34. The highest BCUT2D eigenvalue weighted by molar-refractivity contribution is 6.30. The number of hydrogen-bond donors (Lipinski definition) is 0. The first-order chi connectivity index (χ1) is 11.6. The van der Waals surface area contributed by atoms with Crippen molar-refractivity contribution in [2.45, 2.75) is 25.7 Å². The van der Waals surface area contributed by atoms with E-state index in [0.29, 0.717) is 11.1 Å². The summed E-state index contributed by atoms with van der Waals surface area (Å²) >= 11 is 5.93. The molecule has 2 aromatic rings. The molecule has 1 unspecified atom stereocenters. The van der Waals surface area contributed by atoms with Gasteiger partial charge in [0.25, 0.3) is 5.56 Å². The van der Waals surface area contributed by atoms with Gasteiger partial charge in [-0.15, -0.1) is 0 Å². The van der Waals surface area contributed by atoms with E-state index in [1.165, 1.54) is 11.9 Å². The first kappa shape index (κ1) is 19.1. The molecule has 0 spiro atoms. The van der Waals surface area contributed by atoms with Crippen LogP contribution in [-0.2, 0) is 17.5 Å². The number of carbonyl (C=O) groups is 1. The van der Waals surface area contributed by atoms with Crippen LogP contribution in [0.3, 0.4) is 0 Å². The Morgan fingerprint density at radius 1 is 1.28 bits per heavy atom. The average Bonchev–Trinajstić information content (AvgIpc) is 2.54. The number of amides is 1. The molecule has 25 heavy (non-hydrogen) atoms. The predicted molar refractivity (Wildman–Crippen MR) is 88.3 cm³/mol. The number of nitrogens with zero attached hydrogens (tertiary/aromatic N) is 2. The number of aromatic nitrogens is 1. The third-order valence-electron chi connectivity index (χ3n) is 3.94. The average molecular weight is 373 g/mol. The molecule has 0 aliphatic carbocycles. The van der Waals surface area contributed by atoms with Crippen molar-refractivity contribution < 1.29 is 18.0 Å². The van der Waals surface area contributed by atoms with Gasteiger partial charge in [-0.2, -0.15) is 13.2 Å². The molecule has 1 aromatic heterocycles. The second-order valence-corrected chi connectivity index (χ2v) is 6.02. The van der Waals surface area contributed by atoms with Gasteiger partial charge in [-0.1, -0.05) is 23.7 Å². The van der Waals surface area contributed by atoms with Crippen LogP contribution in [0.25, 0.3) is 0 Å². The van der Waals surface area contributed by atoms with Gasteiger partial charge < -0.3 is 9.47 Å². The lowest BCUT2D eigenvalue weighted by Crippen LogP contribution is -2.37. The second-order valence-electron chi connectivity index (χ2n) is 5.59. The lowest BCUT2D eigenvalue weighted by Gasteiger charge is -2.26. The Balaban J connectivity index is 2.21. The summed E-state index contributed by atoms with van der Waals surface area (Å²) in [6.07, 6.45) is -3.60. The highest BCUT2D eigenvalue weighted by atomic mass is 35.5. The van der Waals surface area contributed by atoms with Crippen molar-refractivity contribution in [2.24, 2.45) is 0 Å². The number of likely N-dealkylation sites (N-methyl/N-ethyl adjacent to an activating group) is 1. The van der Waals surface area contributed by atoms with Crippen LogP contribution in [0.5, 0.6) is 0 Å². The first-order valence-corrected chi connectivity index (χ1v) is 7.77. The largest absolute Gasteiger partial charge is 0.421 e. The van der Waals surface area contributed by atoms with Crippen molar-refractivity contribution in [3.63, 3.8) is 0 Å². The van der Waals surface area contributed by atoms with Gasteiger partial charge in [-0.3, -0.25) is 9.59 Å². The van der Waals surface area contributed by atoms with E-state index in [9.17, 15) is 22.8 Å². The maximum absolute atomic E-state index is 12.8. The van der Waals surface area contributed by atoms with Crippen molar-refractivity contribution >= 4 is 17.5 Å². The zero-order valence-corrected chi connectivity index (χ0v) is 14.3. The molecule has 0 saturated heterocycles. The monoisotopic (exact) mass is 372 g/mol. The zero-order valence-electron chi connectivity index (χ0n) is 13.5. The predicted octanol–water partition coefficient (Wildman–Crippen LogP) is 3.74. The molecule has 134 valence electrons. The Labute approximate surface area is 147 Å². The molecule has 0 aliphatic heterocycles. The molecule has 0 fully saturated rings. The van der Waals surface area contributed by atoms with Crippen LogP contribution in [0.15, 0.2) is 47.4 Å². The quantitative estimate of drug-likeness (QED) is 0.820. The number of carbonyl (C=O) groups excluding carboxylic acids is 1. The van der Waals surface area contributed by atoms with Crippen LogP contribution in [0.2, 0.25) is 5.02 Å². The van der Waals surface area contributed by atoms with Crippen LogP contribution in [0.1, 0.15) is 24.1 Å². The fourth-order valence-corrected chi connectivity index (χ4v) is 2.54. The summed E-state index contributed by atoms with van der Waals surface area (Å²) in [5, 5.41) is 0.513. The fourth-order valence-electron chi connectivity index (χ4n) is 2.34. The maximum Gasteiger partial charge on any atom is 0.421 e. The van der Waals surface area contributed by atoms with Gasteiger partial charge in [-0.25, -0.2) is 0 Å². The first-order valence-electron chi connectivity index (χ1n) is 7.39. The Morgan fingerprint density at radius 2 is 1.96 bits per heavy atom. The summed E-state index contributed by atoms with van der Waals surface area (Å²) in [6, 6.07) is 8.36. The van der Waals surface area contributed by atoms with Crippen molar-refractivity contribution in [1.82, 2.24) is 9.47 Å². The third kappa shape index (κ3) is 4.42. The molecule has 0 saturated carbocycles. The van der Waals surface area contributed by atoms with Crippen molar-refractivity contribution in [1.29, 1.82) is 0 Å². The number of halogens is 4. The number of rotatable bonds is 4. The summed E-state index contributed by atoms with van der Waals surface area (Å²) < 4.78 is 39.1. The Kier molecular flexibility index (Phi) is 5.57. The molecule has 0 bridgehead atoms. The van der Waals surface area contributed by atoms with Crippen LogP contribution in [0.4, 0.5) is 13.2 Å². The number of benzene rings is 1. The minimum atomic E-state index is -4.76. The molecule has 8 heteroatoms. The van der Waals surface area contributed by atoms with Crippen LogP contribution in [0, 0.1) is 0 Å². The van der Waals surface area contributed by atoms with Crippen LogP contribution in [-0.4, -0.2) is 22.4 Å². The van der Waals surface area contributed by atoms with Crippen molar-refractivity contribution in [3.05, 3.63) is 69.1 Å². The minimum absolute atomic E-state index is 0.354. The Morgan fingerprint density at radius 3 is 2.56 bits per heavy atom. The van der Waals surface area contributed by atoms with Gasteiger partial charge in [0, 0.05) is 18.3 Å². The van der Waals surface area contributed by atoms with Gasteiger partial charge in [0.1, 0.15) is 12.1 Å². The van der Waals surface area contributed by atoms with E-state index in [4.69, 9.17) is 11.6 Å². The molecule has 1 atom stereocenters. The van der Waals surface area contributed by atoms with Crippen LogP contribution >= 0.6 is 11.6 Å². The van der Waals surface area contributed by atoms with E-state index in [-0.39, 0.29) is 6.04 Å². The normalized spacial score (nSPS) is 12.7. The van der Waals surface area contributed by atoms with E-state index in [1.54, 1.807) is 31.2 Å². The summed E-state index contributed by atoms with van der Waals surface area (Å²) in [4.78, 5) is 25.6. The molecule has 0 aliphatic rings. The molecular formula is C17H16ClF3N2O2. The van der Waals surface area contributed by atoms with Gasteiger partial charge in [0.15, 0.2) is 0 Å². The van der Waals surface area contributed by atoms with E-state index in [1.807, 2.05) is 0 Å². The van der Waals surface area contributed by atoms with E-state index >= 15 is 0 Å². The Hall–Kier alpha value is -2.28. The molecule has 4 nitrogen and oxygen atoms in total. The topological polar surface area (TPSA) is 42.3 Å². The second kappa shape index (κ2) is 7.31. The van der Waals surface area contributed by atoms with Gasteiger partial charge in [-0.05, 0) is 36.8 Å². The summed E-state index contributed by atoms with van der Waals surface area (Å²) in [5.41, 5.74) is -1.76. The van der Waals surface area contributed by atoms with E-state index in [0.717, 1.165) is 22.4 Å². The van der Waals surface area contributed by atoms with Crippen molar-refractivity contribution in [3.8, 4) is 0 Å². The lowest BCUT2D eigenvalue weighted by atomic mass is 10.1.